The van der Waals surface area contributed by atoms with Crippen molar-refractivity contribution in [1.82, 2.24) is 0 Å². The number of hydrogen-bond acceptors (Lipinski definition) is 1. The summed E-state index contributed by atoms with van der Waals surface area (Å²) in [5.74, 6) is 0.453. The maximum absolute atomic E-state index is 6.38. The molecule has 0 radical (unpaired) electrons. The summed E-state index contributed by atoms with van der Waals surface area (Å²) in [5, 5.41) is 0. The SMILES string of the molecule is c1ccc(C(COCC(c2ccccc2)c2ccccc2)c2ccccc2)cc1. The van der Waals surface area contributed by atoms with Crippen LogP contribution >= 0.6 is 0 Å². The van der Waals surface area contributed by atoms with Gasteiger partial charge in [0.15, 0.2) is 0 Å². The van der Waals surface area contributed by atoms with Crippen LogP contribution < -0.4 is 0 Å². The van der Waals surface area contributed by atoms with E-state index in [1.54, 1.807) is 0 Å². The topological polar surface area (TPSA) is 9.23 Å². The molecule has 0 spiro atoms. The van der Waals surface area contributed by atoms with Crippen molar-refractivity contribution in [3.8, 4) is 0 Å². The second-order valence-corrected chi connectivity index (χ2v) is 7.29. The van der Waals surface area contributed by atoms with Crippen molar-refractivity contribution in [3.05, 3.63) is 144 Å². The first-order valence-corrected chi connectivity index (χ1v) is 10.2. The number of hydrogen-bond donors (Lipinski definition) is 0. The third-order valence-electron chi connectivity index (χ3n) is 5.38. The highest BCUT2D eigenvalue weighted by molar-refractivity contribution is 5.34. The van der Waals surface area contributed by atoms with Gasteiger partial charge in [0.05, 0.1) is 13.2 Å². The average molecular weight is 379 g/mol. The van der Waals surface area contributed by atoms with Crippen LogP contribution in [0.2, 0.25) is 0 Å². The fourth-order valence-electron chi connectivity index (χ4n) is 3.81. The molecule has 0 saturated heterocycles. The molecule has 0 bridgehead atoms. The Labute approximate surface area is 173 Å². The molecule has 0 aliphatic rings. The molecule has 0 unspecified atom stereocenters. The smallest absolute Gasteiger partial charge is 0.0575 e. The van der Waals surface area contributed by atoms with Gasteiger partial charge in [-0.15, -0.1) is 0 Å². The van der Waals surface area contributed by atoms with Gasteiger partial charge in [0.2, 0.25) is 0 Å². The monoisotopic (exact) mass is 378 g/mol. The lowest BCUT2D eigenvalue weighted by molar-refractivity contribution is 0.121. The quantitative estimate of drug-likeness (QED) is 0.333. The maximum atomic E-state index is 6.38. The lowest BCUT2D eigenvalue weighted by Crippen LogP contribution is -2.15. The summed E-state index contributed by atoms with van der Waals surface area (Å²) in [6.45, 7) is 1.31. The average Bonchev–Trinajstić information content (AvgIpc) is 2.81. The second kappa shape index (κ2) is 9.86. The van der Waals surface area contributed by atoms with E-state index < -0.39 is 0 Å². The van der Waals surface area contributed by atoms with Gasteiger partial charge in [0.1, 0.15) is 0 Å². The van der Waals surface area contributed by atoms with Crippen LogP contribution in [0.3, 0.4) is 0 Å². The van der Waals surface area contributed by atoms with Crippen LogP contribution in [-0.2, 0) is 4.74 Å². The van der Waals surface area contributed by atoms with Crippen LogP contribution in [0.1, 0.15) is 34.1 Å². The summed E-state index contributed by atoms with van der Waals surface area (Å²) in [5.41, 5.74) is 5.15. The molecule has 0 saturated carbocycles. The Hall–Kier alpha value is -3.16. The zero-order valence-corrected chi connectivity index (χ0v) is 16.5. The molecule has 0 aromatic heterocycles. The third-order valence-corrected chi connectivity index (χ3v) is 5.38. The van der Waals surface area contributed by atoms with Gasteiger partial charge in [-0.2, -0.15) is 0 Å². The predicted octanol–water partition coefficient (Wildman–Crippen LogP) is 6.67. The molecule has 1 heteroatoms. The van der Waals surface area contributed by atoms with Crippen LogP contribution in [0.4, 0.5) is 0 Å². The molecule has 4 aromatic carbocycles. The van der Waals surface area contributed by atoms with Crippen LogP contribution in [-0.4, -0.2) is 13.2 Å². The second-order valence-electron chi connectivity index (χ2n) is 7.29. The van der Waals surface area contributed by atoms with Gasteiger partial charge >= 0.3 is 0 Å². The van der Waals surface area contributed by atoms with Gasteiger partial charge in [0, 0.05) is 11.8 Å². The molecule has 0 aliphatic heterocycles. The number of rotatable bonds is 8. The Morgan fingerprint density at radius 2 is 0.621 bits per heavy atom. The highest BCUT2D eigenvalue weighted by Gasteiger charge is 2.18. The summed E-state index contributed by atoms with van der Waals surface area (Å²) in [4.78, 5) is 0. The van der Waals surface area contributed by atoms with Crippen LogP contribution in [0.25, 0.3) is 0 Å². The highest BCUT2D eigenvalue weighted by Crippen LogP contribution is 2.28. The lowest BCUT2D eigenvalue weighted by Gasteiger charge is -2.22. The Kier molecular flexibility index (Phi) is 6.52. The van der Waals surface area contributed by atoms with Crippen molar-refractivity contribution in [1.29, 1.82) is 0 Å². The molecular weight excluding hydrogens is 352 g/mol. The standard InChI is InChI=1S/C28H26O/c1-5-13-23(14-6-1)27(24-15-7-2-8-16-24)21-29-22-28(25-17-9-3-10-18-25)26-19-11-4-12-20-26/h1-20,27-28H,21-22H2. The molecule has 29 heavy (non-hydrogen) atoms. The Bertz CT molecular complexity index is 804. The molecule has 4 aromatic rings. The predicted molar refractivity (Wildman–Crippen MR) is 120 cm³/mol. The van der Waals surface area contributed by atoms with Gasteiger partial charge in [-0.3, -0.25) is 0 Å². The molecule has 1 nitrogen and oxygen atoms in total. The van der Waals surface area contributed by atoms with E-state index in [0.717, 1.165) is 0 Å². The molecule has 0 amide bonds. The van der Waals surface area contributed by atoms with Gasteiger partial charge in [-0.1, -0.05) is 121 Å². The Morgan fingerprint density at radius 3 is 0.862 bits per heavy atom. The molecule has 144 valence electrons. The van der Waals surface area contributed by atoms with E-state index in [2.05, 4.69) is 121 Å². The van der Waals surface area contributed by atoms with Crippen molar-refractivity contribution in [2.24, 2.45) is 0 Å². The fourth-order valence-corrected chi connectivity index (χ4v) is 3.81. The first-order valence-electron chi connectivity index (χ1n) is 10.2. The molecular formula is C28H26O. The van der Waals surface area contributed by atoms with Crippen molar-refractivity contribution < 1.29 is 4.74 Å². The molecule has 0 heterocycles. The summed E-state index contributed by atoms with van der Waals surface area (Å²) >= 11 is 0. The van der Waals surface area contributed by atoms with E-state index >= 15 is 0 Å². The van der Waals surface area contributed by atoms with Gasteiger partial charge in [-0.05, 0) is 22.3 Å². The number of benzene rings is 4. The van der Waals surface area contributed by atoms with E-state index in [4.69, 9.17) is 4.74 Å². The first-order chi connectivity index (χ1) is 14.4. The molecule has 0 N–H and O–H groups in total. The lowest BCUT2D eigenvalue weighted by atomic mass is 9.91. The van der Waals surface area contributed by atoms with Crippen molar-refractivity contribution in [3.63, 3.8) is 0 Å². The fraction of sp³-hybridized carbons (Fsp3) is 0.143. The zero-order valence-electron chi connectivity index (χ0n) is 16.5. The van der Waals surface area contributed by atoms with Gasteiger partial charge < -0.3 is 4.74 Å². The van der Waals surface area contributed by atoms with E-state index in [0.29, 0.717) is 13.2 Å². The first kappa shape index (κ1) is 19.2. The van der Waals surface area contributed by atoms with Crippen LogP contribution in [0.5, 0.6) is 0 Å². The minimum Gasteiger partial charge on any atom is -0.379 e. The van der Waals surface area contributed by atoms with E-state index in [1.165, 1.54) is 22.3 Å². The summed E-state index contributed by atoms with van der Waals surface area (Å²) in [6.07, 6.45) is 0. The van der Waals surface area contributed by atoms with Crippen molar-refractivity contribution in [2.75, 3.05) is 13.2 Å². The molecule has 0 fully saturated rings. The van der Waals surface area contributed by atoms with E-state index in [9.17, 15) is 0 Å². The minimum atomic E-state index is 0.226. The van der Waals surface area contributed by atoms with Crippen LogP contribution in [0.15, 0.2) is 121 Å². The Balaban J connectivity index is 1.53. The number of ether oxygens (including phenoxy) is 1. The molecule has 4 rings (SSSR count). The van der Waals surface area contributed by atoms with E-state index in [1.807, 2.05) is 0 Å². The third kappa shape index (κ3) is 5.01. The largest absolute Gasteiger partial charge is 0.379 e. The highest BCUT2D eigenvalue weighted by atomic mass is 16.5. The van der Waals surface area contributed by atoms with E-state index in [-0.39, 0.29) is 11.8 Å². The van der Waals surface area contributed by atoms with Gasteiger partial charge in [0.25, 0.3) is 0 Å². The van der Waals surface area contributed by atoms with Crippen LogP contribution in [0, 0.1) is 0 Å². The van der Waals surface area contributed by atoms with Crippen molar-refractivity contribution >= 4 is 0 Å². The molecule has 0 aliphatic carbocycles. The maximum Gasteiger partial charge on any atom is 0.0575 e. The zero-order chi connectivity index (χ0) is 19.7. The Morgan fingerprint density at radius 1 is 0.379 bits per heavy atom. The van der Waals surface area contributed by atoms with Crippen molar-refractivity contribution in [2.45, 2.75) is 11.8 Å². The normalized spacial score (nSPS) is 11.1. The minimum absolute atomic E-state index is 0.226. The molecule has 0 atom stereocenters. The summed E-state index contributed by atoms with van der Waals surface area (Å²) in [6, 6.07) is 42.5. The van der Waals surface area contributed by atoms with Gasteiger partial charge in [-0.25, -0.2) is 0 Å². The summed E-state index contributed by atoms with van der Waals surface area (Å²) in [7, 11) is 0. The summed E-state index contributed by atoms with van der Waals surface area (Å²) < 4.78 is 6.38.